The van der Waals surface area contributed by atoms with Crippen LogP contribution in [0.25, 0.3) is 21.3 Å². The average molecular weight is 440 g/mol. The molecule has 0 radical (unpaired) electrons. The first kappa shape index (κ1) is 21.3. The summed E-state index contributed by atoms with van der Waals surface area (Å²) in [6, 6.07) is 7.86. The number of aliphatic imine (C=N–C) groups is 1. The molecular formula is C23H25N3O4S. The number of carboxylic acids is 1. The summed E-state index contributed by atoms with van der Waals surface area (Å²) in [5, 5.41) is 23.0. The van der Waals surface area contributed by atoms with E-state index in [1.807, 2.05) is 24.3 Å². The molecule has 31 heavy (non-hydrogen) atoms. The van der Waals surface area contributed by atoms with Gasteiger partial charge in [0.1, 0.15) is 15.5 Å². The van der Waals surface area contributed by atoms with Gasteiger partial charge in [0.2, 0.25) is 0 Å². The number of aromatic nitrogens is 1. The number of ether oxygens (including phenoxy) is 1. The molecule has 0 spiro atoms. The number of carbonyl (C=O) groups is 1. The van der Waals surface area contributed by atoms with E-state index in [4.69, 9.17) is 14.8 Å². The zero-order valence-corrected chi connectivity index (χ0v) is 18.4. The first-order valence-electron chi connectivity index (χ1n) is 10.3. The van der Waals surface area contributed by atoms with Gasteiger partial charge >= 0.3 is 5.97 Å². The van der Waals surface area contributed by atoms with Crippen molar-refractivity contribution < 1.29 is 19.7 Å². The van der Waals surface area contributed by atoms with Gasteiger partial charge in [-0.3, -0.25) is 4.99 Å². The van der Waals surface area contributed by atoms with Crippen LogP contribution in [0.1, 0.15) is 40.7 Å². The maximum absolute atomic E-state index is 12.1. The first-order valence-corrected chi connectivity index (χ1v) is 11.1. The minimum atomic E-state index is -1.00. The predicted molar refractivity (Wildman–Crippen MR) is 124 cm³/mol. The lowest BCUT2D eigenvalue weighted by Gasteiger charge is -2.21. The van der Waals surface area contributed by atoms with Gasteiger partial charge in [-0.1, -0.05) is 12.1 Å². The Labute approximate surface area is 184 Å². The van der Waals surface area contributed by atoms with Crippen LogP contribution in [0.5, 0.6) is 5.75 Å². The van der Waals surface area contributed by atoms with E-state index in [9.17, 15) is 9.90 Å². The van der Waals surface area contributed by atoms with Crippen LogP contribution in [-0.4, -0.2) is 47.3 Å². The van der Waals surface area contributed by atoms with E-state index in [0.29, 0.717) is 16.4 Å². The van der Waals surface area contributed by atoms with Crippen molar-refractivity contribution in [2.24, 2.45) is 4.99 Å². The molecule has 4 rings (SSSR count). The van der Waals surface area contributed by atoms with Crippen molar-refractivity contribution in [3.05, 3.63) is 40.4 Å². The Hall–Kier alpha value is -2.97. The van der Waals surface area contributed by atoms with Crippen LogP contribution < -0.4 is 10.1 Å². The SMILES string of the molecule is COc1ccc(-c2c3c(nc4sc(C(=O)O)c(NC(C)=NCCO)c24)CCCC3)cc1. The summed E-state index contributed by atoms with van der Waals surface area (Å²) in [6.07, 6.45) is 3.98. The van der Waals surface area contributed by atoms with Gasteiger partial charge in [-0.25, -0.2) is 9.78 Å². The van der Waals surface area contributed by atoms with Crippen LogP contribution in [0.15, 0.2) is 29.3 Å². The van der Waals surface area contributed by atoms with Gasteiger partial charge in [-0.15, -0.1) is 11.3 Å². The van der Waals surface area contributed by atoms with Gasteiger partial charge in [-0.2, -0.15) is 0 Å². The second kappa shape index (κ2) is 9.03. The number of nitrogens with zero attached hydrogens (tertiary/aromatic N) is 2. The van der Waals surface area contributed by atoms with Crippen molar-refractivity contribution >= 4 is 39.0 Å². The number of nitrogens with one attached hydrogen (secondary N) is 1. The summed E-state index contributed by atoms with van der Waals surface area (Å²) < 4.78 is 5.32. The van der Waals surface area contributed by atoms with Crippen molar-refractivity contribution in [1.82, 2.24) is 4.98 Å². The van der Waals surface area contributed by atoms with E-state index in [-0.39, 0.29) is 18.0 Å². The molecule has 8 heteroatoms. The summed E-state index contributed by atoms with van der Waals surface area (Å²) in [4.78, 5) is 22.1. The third-order valence-corrected chi connectivity index (χ3v) is 6.52. The molecular weight excluding hydrogens is 414 g/mol. The van der Waals surface area contributed by atoms with Crippen molar-refractivity contribution in [2.45, 2.75) is 32.6 Å². The predicted octanol–water partition coefficient (Wildman–Crippen LogP) is 4.37. The highest BCUT2D eigenvalue weighted by atomic mass is 32.1. The molecule has 1 aliphatic rings. The Bertz CT molecular complexity index is 1150. The maximum atomic E-state index is 12.1. The fourth-order valence-electron chi connectivity index (χ4n) is 4.07. The largest absolute Gasteiger partial charge is 0.497 e. The lowest BCUT2D eigenvalue weighted by atomic mass is 9.87. The van der Waals surface area contributed by atoms with Crippen molar-refractivity contribution in [2.75, 3.05) is 25.6 Å². The molecule has 3 N–H and O–H groups in total. The number of amidine groups is 1. The number of methoxy groups -OCH3 is 1. The zero-order valence-electron chi connectivity index (χ0n) is 17.6. The van der Waals surface area contributed by atoms with Crippen LogP contribution in [-0.2, 0) is 12.8 Å². The standard InChI is InChI=1S/C23H25N3O4S/c1-13(24-11-12-27)25-20-19-18(14-7-9-15(30-2)10-8-14)16-5-3-4-6-17(16)26-22(19)31-21(20)23(28)29/h7-10,27H,3-6,11-12H2,1-2H3,(H,24,25)(H,28,29). The van der Waals surface area contributed by atoms with Gasteiger partial charge in [0.15, 0.2) is 0 Å². The van der Waals surface area contributed by atoms with Crippen molar-refractivity contribution in [3.8, 4) is 16.9 Å². The fourth-order valence-corrected chi connectivity index (χ4v) is 5.07. The van der Waals surface area contributed by atoms with Crippen LogP contribution in [0.4, 0.5) is 5.69 Å². The van der Waals surface area contributed by atoms with Crippen LogP contribution in [0, 0.1) is 0 Å². The first-order chi connectivity index (χ1) is 15.0. The molecule has 2 aromatic heterocycles. The van der Waals surface area contributed by atoms with Crippen molar-refractivity contribution in [3.63, 3.8) is 0 Å². The molecule has 0 fully saturated rings. The molecule has 1 aliphatic carbocycles. The Morgan fingerprint density at radius 2 is 2.00 bits per heavy atom. The van der Waals surface area contributed by atoms with E-state index in [0.717, 1.165) is 53.6 Å². The normalized spacial score (nSPS) is 13.8. The second-order valence-electron chi connectivity index (χ2n) is 7.45. The molecule has 0 amide bonds. The molecule has 0 atom stereocenters. The lowest BCUT2D eigenvalue weighted by molar-refractivity contribution is 0.0703. The molecule has 0 saturated carbocycles. The van der Waals surface area contributed by atoms with Gasteiger partial charge in [-0.05, 0) is 61.4 Å². The topological polar surface area (TPSA) is 104 Å². The number of aliphatic hydroxyl groups excluding tert-OH is 1. The smallest absolute Gasteiger partial charge is 0.348 e. The number of hydrogen-bond donors (Lipinski definition) is 3. The van der Waals surface area contributed by atoms with E-state index in [1.54, 1.807) is 14.0 Å². The third-order valence-electron chi connectivity index (χ3n) is 5.44. The summed E-state index contributed by atoms with van der Waals surface area (Å²) in [6.45, 7) is 1.95. The summed E-state index contributed by atoms with van der Waals surface area (Å²) in [5.74, 6) is 0.318. The van der Waals surface area contributed by atoms with Gasteiger partial charge in [0, 0.05) is 11.1 Å². The summed E-state index contributed by atoms with van der Waals surface area (Å²) in [7, 11) is 1.63. The molecule has 0 saturated heterocycles. The van der Waals surface area contributed by atoms with E-state index >= 15 is 0 Å². The van der Waals surface area contributed by atoms with Gasteiger partial charge in [0.25, 0.3) is 0 Å². The highest BCUT2D eigenvalue weighted by Gasteiger charge is 2.27. The maximum Gasteiger partial charge on any atom is 0.348 e. The van der Waals surface area contributed by atoms with Crippen LogP contribution in [0.3, 0.4) is 0 Å². The number of aromatic carboxylic acids is 1. The van der Waals surface area contributed by atoms with Crippen LogP contribution in [0.2, 0.25) is 0 Å². The number of pyridine rings is 1. The number of carboxylic acid groups (broad SMARTS) is 1. The molecule has 2 heterocycles. The summed E-state index contributed by atoms with van der Waals surface area (Å²) >= 11 is 1.18. The summed E-state index contributed by atoms with van der Waals surface area (Å²) in [5.41, 5.74) is 4.79. The fraction of sp³-hybridized carbons (Fsp3) is 0.348. The Morgan fingerprint density at radius 3 is 2.68 bits per heavy atom. The Morgan fingerprint density at radius 1 is 1.26 bits per heavy atom. The molecule has 1 aromatic carbocycles. The molecule has 162 valence electrons. The lowest BCUT2D eigenvalue weighted by Crippen LogP contribution is -2.12. The number of aliphatic hydroxyl groups is 1. The molecule has 0 aliphatic heterocycles. The van der Waals surface area contributed by atoms with Crippen molar-refractivity contribution in [1.29, 1.82) is 0 Å². The number of aryl methyl sites for hydroxylation is 1. The molecule has 7 nitrogen and oxygen atoms in total. The highest BCUT2D eigenvalue weighted by molar-refractivity contribution is 7.21. The number of benzene rings is 1. The average Bonchev–Trinajstić information content (AvgIpc) is 3.14. The Balaban J connectivity index is 2.01. The van der Waals surface area contributed by atoms with Gasteiger partial charge in [0.05, 0.1) is 31.8 Å². The number of hydrogen-bond acceptors (Lipinski definition) is 6. The molecule has 0 bridgehead atoms. The third kappa shape index (κ3) is 4.13. The zero-order chi connectivity index (χ0) is 22.0. The monoisotopic (exact) mass is 439 g/mol. The van der Waals surface area contributed by atoms with Crippen LogP contribution >= 0.6 is 11.3 Å². The number of rotatable bonds is 6. The van der Waals surface area contributed by atoms with E-state index < -0.39 is 5.97 Å². The highest BCUT2D eigenvalue weighted by Crippen LogP contribution is 2.45. The minimum absolute atomic E-state index is 0.0681. The van der Waals surface area contributed by atoms with E-state index in [2.05, 4.69) is 10.3 Å². The molecule has 0 unspecified atom stereocenters. The Kier molecular flexibility index (Phi) is 6.20. The quantitative estimate of drug-likeness (QED) is 0.389. The molecule has 3 aromatic rings. The number of fused-ring (bicyclic) bond motifs is 2. The number of thiophene rings is 1. The second-order valence-corrected chi connectivity index (χ2v) is 8.45. The van der Waals surface area contributed by atoms with E-state index in [1.165, 1.54) is 16.9 Å². The number of anilines is 1. The van der Waals surface area contributed by atoms with Gasteiger partial charge < -0.3 is 20.3 Å². The minimum Gasteiger partial charge on any atom is -0.497 e.